The number of alkyl halides is 3. The maximum Gasteiger partial charge on any atom is 0.434 e. The number of halogens is 3. The van der Waals surface area contributed by atoms with Crippen LogP contribution in [0.5, 0.6) is 0 Å². The average Bonchev–Trinajstić information content (AvgIpc) is 3.23. The van der Waals surface area contributed by atoms with Gasteiger partial charge in [0.1, 0.15) is 0 Å². The third-order valence-electron chi connectivity index (χ3n) is 4.35. The van der Waals surface area contributed by atoms with E-state index in [4.69, 9.17) is 5.11 Å². The van der Waals surface area contributed by atoms with Crippen LogP contribution >= 0.6 is 0 Å². The second-order valence-electron chi connectivity index (χ2n) is 6.21. The van der Waals surface area contributed by atoms with Gasteiger partial charge in [0.15, 0.2) is 11.5 Å². The van der Waals surface area contributed by atoms with Gasteiger partial charge >= 0.3 is 6.18 Å². The number of hydrogen-bond donors (Lipinski definition) is 1. The fourth-order valence-electron chi connectivity index (χ4n) is 3.08. The molecule has 26 heavy (non-hydrogen) atoms. The Bertz CT molecular complexity index is 792. The third kappa shape index (κ3) is 3.36. The molecule has 1 aromatic heterocycles. The molecule has 1 N–H and O–H groups in total. The standard InChI is InChI=1S/C16H17F3N4O3/c1-21-9-12(16(17,18)19)20-14(21)15(26)23-7-10-5-22(6-11(10)8-23)13(25)3-2-4-24/h2-3,9,24H,4-8H2,1H3/b3-2+. The molecule has 0 saturated heterocycles. The van der Waals surface area contributed by atoms with Gasteiger partial charge in [0.25, 0.3) is 5.91 Å². The van der Waals surface area contributed by atoms with Gasteiger partial charge in [-0.1, -0.05) is 6.08 Å². The van der Waals surface area contributed by atoms with E-state index in [1.54, 1.807) is 4.90 Å². The Labute approximate surface area is 147 Å². The first-order valence-electron chi connectivity index (χ1n) is 7.86. The van der Waals surface area contributed by atoms with Crippen LogP contribution in [-0.4, -0.2) is 69.1 Å². The lowest BCUT2D eigenvalue weighted by Gasteiger charge is -2.22. The Hall–Kier alpha value is -2.62. The molecule has 0 bridgehead atoms. The highest BCUT2D eigenvalue weighted by atomic mass is 19.4. The van der Waals surface area contributed by atoms with Crippen LogP contribution in [0, 0.1) is 0 Å². The Morgan fingerprint density at radius 2 is 1.77 bits per heavy atom. The Morgan fingerprint density at radius 1 is 1.19 bits per heavy atom. The summed E-state index contributed by atoms with van der Waals surface area (Å²) in [6, 6.07) is 0. The summed E-state index contributed by atoms with van der Waals surface area (Å²) < 4.78 is 39.3. The van der Waals surface area contributed by atoms with Crippen molar-refractivity contribution in [1.29, 1.82) is 0 Å². The second-order valence-corrected chi connectivity index (χ2v) is 6.21. The van der Waals surface area contributed by atoms with Crippen LogP contribution in [0.15, 0.2) is 29.5 Å². The quantitative estimate of drug-likeness (QED) is 0.624. The Balaban J connectivity index is 1.65. The molecule has 0 atom stereocenters. The SMILES string of the molecule is Cn1cc(C(F)(F)F)nc1C(=O)N1CC2=C(CN(C(=O)/C=C/CO)C2)C1. The zero-order chi connectivity index (χ0) is 19.1. The summed E-state index contributed by atoms with van der Waals surface area (Å²) in [5.74, 6) is -1.07. The molecule has 10 heteroatoms. The Kier molecular flexibility index (Phi) is 4.61. The van der Waals surface area contributed by atoms with Gasteiger partial charge < -0.3 is 19.5 Å². The molecule has 1 aromatic rings. The molecule has 3 heterocycles. The normalized spacial score (nSPS) is 17.6. The number of imidazole rings is 1. The number of aromatic nitrogens is 2. The number of aliphatic hydroxyl groups is 1. The molecule has 2 amide bonds. The van der Waals surface area contributed by atoms with Gasteiger partial charge in [-0.15, -0.1) is 0 Å². The predicted octanol–water partition coefficient (Wildman–Crippen LogP) is 0.582. The minimum Gasteiger partial charge on any atom is -0.392 e. The van der Waals surface area contributed by atoms with E-state index in [-0.39, 0.29) is 31.4 Å². The summed E-state index contributed by atoms with van der Waals surface area (Å²) >= 11 is 0. The van der Waals surface area contributed by atoms with Crippen molar-refractivity contribution in [2.75, 3.05) is 32.8 Å². The Morgan fingerprint density at radius 3 is 2.27 bits per heavy atom. The van der Waals surface area contributed by atoms with Crippen LogP contribution in [0.2, 0.25) is 0 Å². The molecule has 0 aromatic carbocycles. The molecule has 0 aliphatic carbocycles. The van der Waals surface area contributed by atoms with E-state index < -0.39 is 17.8 Å². The summed E-state index contributed by atoms with van der Waals surface area (Å²) in [6.07, 6.45) is -1.18. The lowest BCUT2D eigenvalue weighted by atomic mass is 10.2. The highest BCUT2D eigenvalue weighted by molar-refractivity contribution is 5.92. The van der Waals surface area contributed by atoms with E-state index in [1.807, 2.05) is 0 Å². The van der Waals surface area contributed by atoms with Crippen LogP contribution in [0.25, 0.3) is 0 Å². The van der Waals surface area contributed by atoms with Crippen LogP contribution < -0.4 is 0 Å². The fourth-order valence-corrected chi connectivity index (χ4v) is 3.08. The first-order valence-corrected chi connectivity index (χ1v) is 7.86. The number of aryl methyl sites for hydroxylation is 1. The lowest BCUT2D eigenvalue weighted by molar-refractivity contribution is -0.141. The van der Waals surface area contributed by atoms with Crippen LogP contribution in [0.3, 0.4) is 0 Å². The number of amides is 2. The average molecular weight is 370 g/mol. The monoisotopic (exact) mass is 370 g/mol. The van der Waals surface area contributed by atoms with E-state index >= 15 is 0 Å². The predicted molar refractivity (Wildman–Crippen MR) is 83.9 cm³/mol. The van der Waals surface area contributed by atoms with Gasteiger partial charge in [-0.2, -0.15) is 13.2 Å². The van der Waals surface area contributed by atoms with E-state index in [1.165, 1.54) is 24.1 Å². The zero-order valence-corrected chi connectivity index (χ0v) is 14.0. The summed E-state index contributed by atoms with van der Waals surface area (Å²) in [6.45, 7) is 1.02. The van der Waals surface area contributed by atoms with Crippen molar-refractivity contribution in [3.05, 3.63) is 41.0 Å². The molecule has 2 aliphatic rings. The summed E-state index contributed by atoms with van der Waals surface area (Å²) in [5.41, 5.74) is 0.721. The van der Waals surface area contributed by atoms with Gasteiger partial charge in [-0.05, 0) is 11.1 Å². The largest absolute Gasteiger partial charge is 0.434 e. The van der Waals surface area contributed by atoms with Crippen molar-refractivity contribution in [3.63, 3.8) is 0 Å². The summed E-state index contributed by atoms with van der Waals surface area (Å²) in [4.78, 5) is 30.9. The number of carbonyl (C=O) groups excluding carboxylic acids is 2. The van der Waals surface area contributed by atoms with E-state index in [9.17, 15) is 22.8 Å². The molecule has 0 radical (unpaired) electrons. The number of rotatable bonds is 3. The maximum absolute atomic E-state index is 12.7. The zero-order valence-electron chi connectivity index (χ0n) is 14.0. The number of nitrogens with zero attached hydrogens (tertiary/aromatic N) is 4. The lowest BCUT2D eigenvalue weighted by Crippen LogP contribution is -2.36. The van der Waals surface area contributed by atoms with Crippen molar-refractivity contribution in [2.45, 2.75) is 6.18 Å². The minimum absolute atomic E-state index is 0.224. The molecule has 0 fully saturated rings. The number of hydrogen-bond acceptors (Lipinski definition) is 4. The van der Waals surface area contributed by atoms with Crippen molar-refractivity contribution in [2.24, 2.45) is 7.05 Å². The minimum atomic E-state index is -4.61. The molecule has 2 aliphatic heterocycles. The third-order valence-corrected chi connectivity index (χ3v) is 4.35. The smallest absolute Gasteiger partial charge is 0.392 e. The van der Waals surface area contributed by atoms with Crippen LogP contribution in [-0.2, 0) is 18.0 Å². The topological polar surface area (TPSA) is 78.7 Å². The van der Waals surface area contributed by atoms with Crippen molar-refractivity contribution >= 4 is 11.8 Å². The van der Waals surface area contributed by atoms with Crippen molar-refractivity contribution < 1.29 is 27.9 Å². The first-order chi connectivity index (χ1) is 12.2. The van der Waals surface area contributed by atoms with Crippen LogP contribution in [0.4, 0.5) is 13.2 Å². The maximum atomic E-state index is 12.7. The highest BCUT2D eigenvalue weighted by Gasteiger charge is 2.38. The van der Waals surface area contributed by atoms with E-state index in [0.29, 0.717) is 13.1 Å². The van der Waals surface area contributed by atoms with Crippen molar-refractivity contribution in [1.82, 2.24) is 19.4 Å². The highest BCUT2D eigenvalue weighted by Crippen LogP contribution is 2.30. The van der Waals surface area contributed by atoms with Crippen LogP contribution in [0.1, 0.15) is 16.3 Å². The van der Waals surface area contributed by atoms with E-state index in [0.717, 1.165) is 21.9 Å². The van der Waals surface area contributed by atoms with Gasteiger partial charge in [0.2, 0.25) is 5.91 Å². The summed E-state index contributed by atoms with van der Waals surface area (Å²) in [7, 11) is 1.35. The molecule has 3 rings (SSSR count). The summed E-state index contributed by atoms with van der Waals surface area (Å²) in [5, 5.41) is 8.71. The van der Waals surface area contributed by atoms with Gasteiger partial charge in [0.05, 0.1) is 6.61 Å². The van der Waals surface area contributed by atoms with Crippen molar-refractivity contribution in [3.8, 4) is 0 Å². The fraction of sp³-hybridized carbons (Fsp3) is 0.438. The number of aliphatic hydroxyl groups excluding tert-OH is 1. The van der Waals surface area contributed by atoms with E-state index in [2.05, 4.69) is 4.98 Å². The van der Waals surface area contributed by atoms with Gasteiger partial charge in [0, 0.05) is 45.5 Å². The second kappa shape index (κ2) is 6.60. The molecule has 0 saturated carbocycles. The molecule has 140 valence electrons. The molecule has 0 spiro atoms. The molecular weight excluding hydrogens is 353 g/mol. The van der Waals surface area contributed by atoms with Gasteiger partial charge in [-0.3, -0.25) is 9.59 Å². The molecular formula is C16H17F3N4O3. The molecule has 7 nitrogen and oxygen atoms in total. The first kappa shape index (κ1) is 18.2. The number of carbonyl (C=O) groups is 2. The van der Waals surface area contributed by atoms with Gasteiger partial charge in [-0.25, -0.2) is 4.98 Å². The molecule has 0 unspecified atom stereocenters.